The van der Waals surface area contributed by atoms with Crippen LogP contribution in [0.15, 0.2) is 12.2 Å². The van der Waals surface area contributed by atoms with Crippen molar-refractivity contribution < 1.29 is 10.2 Å². The van der Waals surface area contributed by atoms with Crippen LogP contribution in [0.2, 0.25) is 0 Å². The molecule has 0 aromatic carbocycles. The molecule has 1 heterocycles. The van der Waals surface area contributed by atoms with Gasteiger partial charge < -0.3 is 61.3 Å². The van der Waals surface area contributed by atoms with Crippen molar-refractivity contribution in [2.75, 3.05) is 121 Å². The number of nitrogens with one attached hydrogen (secondary N) is 5. The summed E-state index contributed by atoms with van der Waals surface area (Å²) in [6.07, 6.45) is 9.75. The van der Waals surface area contributed by atoms with E-state index in [0.29, 0.717) is 84.3 Å². The lowest BCUT2D eigenvalue weighted by molar-refractivity contribution is 0.00637. The van der Waals surface area contributed by atoms with Crippen LogP contribution >= 0.6 is 0 Å². The monoisotopic (exact) mass is 1060 g/mol. The Morgan fingerprint density at radius 1 is 0.453 bits per heavy atom. The fraction of sp³-hybridized carbons (Fsp3) is 0.968. The molecule has 1 aliphatic heterocycles. The molecule has 7 N–H and O–H groups in total. The molecule has 0 aliphatic carbocycles. The van der Waals surface area contributed by atoms with Crippen molar-refractivity contribution in [1.82, 2.24) is 56.0 Å². The van der Waals surface area contributed by atoms with Gasteiger partial charge in [0.2, 0.25) is 0 Å². The van der Waals surface area contributed by atoms with Gasteiger partial charge in [0.25, 0.3) is 0 Å². The lowest BCUT2D eigenvalue weighted by Crippen LogP contribution is -2.58. The number of hydrogen-bond donors (Lipinski definition) is 7. The van der Waals surface area contributed by atoms with Gasteiger partial charge in [-0.2, -0.15) is 0 Å². The minimum absolute atomic E-state index is 0.0858. The van der Waals surface area contributed by atoms with Crippen LogP contribution in [0.5, 0.6) is 0 Å². The van der Waals surface area contributed by atoms with E-state index in [-0.39, 0.29) is 24.0 Å². The molecular weight excluding hydrogens is 931 g/mol. The van der Waals surface area contributed by atoms with Gasteiger partial charge in [0.15, 0.2) is 0 Å². The molecule has 13 heteroatoms. The van der Waals surface area contributed by atoms with E-state index in [2.05, 4.69) is 221 Å². The number of aliphatic hydroxyl groups excluding tert-OH is 2. The summed E-state index contributed by atoms with van der Waals surface area (Å²) in [5, 5.41) is 43.6. The largest absolute Gasteiger partial charge is 0.392 e. The first kappa shape index (κ1) is 72.2. The Morgan fingerprint density at radius 2 is 0.893 bits per heavy atom. The van der Waals surface area contributed by atoms with Crippen LogP contribution in [-0.2, 0) is 0 Å². The van der Waals surface area contributed by atoms with E-state index in [1.807, 2.05) is 6.92 Å². The first-order valence-electron chi connectivity index (χ1n) is 30.9. The molecule has 0 aromatic rings. The lowest BCUT2D eigenvalue weighted by Gasteiger charge is -2.42. The molecule has 13 atom stereocenters. The molecule has 1 fully saturated rings. The van der Waals surface area contributed by atoms with Crippen LogP contribution in [0.4, 0.5) is 0 Å². The van der Waals surface area contributed by atoms with Crippen LogP contribution in [0.3, 0.4) is 0 Å². The zero-order valence-electron chi connectivity index (χ0n) is 53.9. The summed E-state index contributed by atoms with van der Waals surface area (Å²) in [6, 6.07) is 2.82. The van der Waals surface area contributed by atoms with Gasteiger partial charge in [-0.05, 0) is 150 Å². The van der Waals surface area contributed by atoms with Crippen LogP contribution in [0.25, 0.3) is 0 Å². The lowest BCUT2D eigenvalue weighted by atomic mass is 9.92. The maximum atomic E-state index is 12.2. The van der Waals surface area contributed by atoms with Gasteiger partial charge in [0.05, 0.1) is 12.2 Å². The second-order valence-corrected chi connectivity index (χ2v) is 27.3. The van der Waals surface area contributed by atoms with Crippen molar-refractivity contribution in [3.8, 4) is 0 Å². The fourth-order valence-electron chi connectivity index (χ4n) is 11.8. The van der Waals surface area contributed by atoms with Gasteiger partial charge >= 0.3 is 0 Å². The Balaban J connectivity index is 3.73. The number of allylic oxidation sites excluding steroid dienone is 2. The van der Waals surface area contributed by atoms with Gasteiger partial charge in [-0.3, -0.25) is 4.90 Å². The molecule has 0 saturated carbocycles. The summed E-state index contributed by atoms with van der Waals surface area (Å²) in [5.74, 6) is 3.50. The van der Waals surface area contributed by atoms with E-state index in [1.165, 1.54) is 6.42 Å². The third-order valence-electron chi connectivity index (χ3n) is 16.6. The second kappa shape index (κ2) is 38.8. The molecule has 75 heavy (non-hydrogen) atoms. The SMILES string of the molecule is C/C=C/C[C@@H](C)[C@@H](O)[C@@H]1CN[C@H]([C@@H](C)O)CN(C)CCN(C)[C@@H](CC(C)C)CN[C@@H](CC(C)C)CN(C)[C@@H](CC(C)C)CN[C@@H](C)CN[C@H](C)CN(C)[C@@H](CC(C)C)CN[C@@H](CC(C)C)CN(C)[C@@H](C(C)C)CN1C. The van der Waals surface area contributed by atoms with Gasteiger partial charge in [-0.15, -0.1) is 0 Å². The second-order valence-electron chi connectivity index (χ2n) is 27.3. The van der Waals surface area contributed by atoms with Gasteiger partial charge in [0, 0.05) is 139 Å². The van der Waals surface area contributed by atoms with E-state index in [1.54, 1.807) is 0 Å². The summed E-state index contributed by atoms with van der Waals surface area (Å²) >= 11 is 0. The van der Waals surface area contributed by atoms with E-state index in [0.717, 1.165) is 104 Å². The fourth-order valence-corrected chi connectivity index (χ4v) is 11.8. The predicted octanol–water partition coefficient (Wildman–Crippen LogP) is 7.50. The summed E-state index contributed by atoms with van der Waals surface area (Å²) in [7, 11) is 13.8. The van der Waals surface area contributed by atoms with E-state index < -0.39 is 12.2 Å². The third-order valence-corrected chi connectivity index (χ3v) is 16.6. The van der Waals surface area contributed by atoms with Crippen molar-refractivity contribution >= 4 is 0 Å². The Labute approximate surface area is 467 Å². The third kappa shape index (κ3) is 31.1. The number of nitrogens with zero attached hydrogens (tertiary/aromatic N) is 6. The normalized spacial score (nSPS) is 30.9. The first-order chi connectivity index (χ1) is 35.0. The van der Waals surface area contributed by atoms with Crippen molar-refractivity contribution in [2.24, 2.45) is 41.4 Å². The minimum Gasteiger partial charge on any atom is -0.392 e. The average Bonchev–Trinajstić information content (AvgIpc) is 3.30. The van der Waals surface area contributed by atoms with Gasteiger partial charge in [-0.25, -0.2) is 0 Å². The molecule has 1 rings (SSSR count). The Hall–Kier alpha value is -0.780. The molecule has 1 saturated heterocycles. The molecule has 0 spiro atoms. The van der Waals surface area contributed by atoms with Crippen molar-refractivity contribution in [3.05, 3.63) is 12.2 Å². The van der Waals surface area contributed by atoms with Crippen LogP contribution < -0.4 is 26.6 Å². The summed E-state index contributed by atoms with van der Waals surface area (Å²) in [5.41, 5.74) is 0. The van der Waals surface area contributed by atoms with Gasteiger partial charge in [0.1, 0.15) is 0 Å². The van der Waals surface area contributed by atoms with Crippen molar-refractivity contribution in [1.29, 1.82) is 0 Å². The molecule has 0 amide bonds. The van der Waals surface area contributed by atoms with Crippen molar-refractivity contribution in [2.45, 2.75) is 229 Å². The van der Waals surface area contributed by atoms with Crippen LogP contribution in [0, 0.1) is 41.4 Å². The minimum atomic E-state index is -0.547. The molecule has 0 bridgehead atoms. The maximum Gasteiger partial charge on any atom is 0.0736 e. The van der Waals surface area contributed by atoms with E-state index in [4.69, 9.17) is 0 Å². The first-order valence-corrected chi connectivity index (χ1v) is 30.9. The highest BCUT2D eigenvalue weighted by atomic mass is 16.3. The van der Waals surface area contributed by atoms with E-state index >= 15 is 0 Å². The maximum absolute atomic E-state index is 12.2. The Bertz CT molecular complexity index is 1420. The molecule has 0 radical (unpaired) electrons. The van der Waals surface area contributed by atoms with Gasteiger partial charge in [-0.1, -0.05) is 102 Å². The number of aliphatic hydroxyl groups is 2. The average molecular weight is 1060 g/mol. The zero-order valence-corrected chi connectivity index (χ0v) is 53.9. The number of rotatable bonds is 16. The topological polar surface area (TPSA) is 120 Å². The summed E-state index contributed by atoms with van der Waals surface area (Å²) in [6.45, 7) is 50.1. The van der Waals surface area contributed by atoms with Crippen LogP contribution in [0.1, 0.15) is 156 Å². The van der Waals surface area contributed by atoms with Crippen LogP contribution in [-0.4, -0.2) is 233 Å². The highest BCUT2D eigenvalue weighted by Crippen LogP contribution is 2.22. The molecule has 0 unspecified atom stereocenters. The smallest absolute Gasteiger partial charge is 0.0736 e. The zero-order chi connectivity index (χ0) is 57.1. The molecule has 1 aliphatic rings. The Kier molecular flexibility index (Phi) is 37.4. The quantitative estimate of drug-likeness (QED) is 0.0775. The number of likely N-dealkylation sites (N-methyl/N-ethyl adjacent to an activating group) is 6. The van der Waals surface area contributed by atoms with Crippen molar-refractivity contribution in [3.63, 3.8) is 0 Å². The summed E-state index contributed by atoms with van der Waals surface area (Å²) < 4.78 is 0. The Morgan fingerprint density at radius 3 is 1.36 bits per heavy atom. The molecular formula is C62H133N11O2. The predicted molar refractivity (Wildman–Crippen MR) is 328 cm³/mol. The summed E-state index contributed by atoms with van der Waals surface area (Å²) in [4.78, 5) is 15.3. The highest BCUT2D eigenvalue weighted by molar-refractivity contribution is 4.93. The molecule has 0 aromatic heterocycles. The van der Waals surface area contributed by atoms with E-state index in [9.17, 15) is 10.2 Å². The molecule has 13 nitrogen and oxygen atoms in total. The standard InChI is InChI=1S/C62H133N11O2/c1-24-25-26-50(14)62(75)60-38-67-59(53(17)74)42-68(18)27-28-69(19)56(31-46(6)7)36-65-54(29-44(2)3)40-71(21)57(32-47(8)9)35-64-51(15)34-63-52(16)39-70(20)58(33-48(10)11)37-66-55(30-45(4)5)41-72(22)61(49(12)13)43-73(60)23/h24-25,44-67,74-75H,26-43H2,1-23H3/b25-24+/t50-,51+,52-,53-,54+,55+,56+,57+,58+,59+,60+,61-,62-/m1/s1. The highest BCUT2D eigenvalue weighted by Gasteiger charge is 2.33. The number of hydrogen-bond acceptors (Lipinski definition) is 13. The molecule has 448 valence electrons.